The second-order valence-corrected chi connectivity index (χ2v) is 5.15. The molecule has 1 N–H and O–H groups in total. The molecule has 98 valence electrons. The van der Waals surface area contributed by atoms with Crippen LogP contribution < -0.4 is 4.74 Å². The molecule has 0 spiro atoms. The predicted molar refractivity (Wildman–Crippen MR) is 72.6 cm³/mol. The van der Waals surface area contributed by atoms with E-state index in [1.165, 1.54) is 25.7 Å². The number of aryl methyl sites for hydroxylation is 1. The lowest BCUT2D eigenvalue weighted by atomic mass is 10.1. The Kier molecular flexibility index (Phi) is 4.24. The topological polar surface area (TPSA) is 41.8 Å². The lowest BCUT2D eigenvalue weighted by Crippen LogP contribution is -2.10. The third-order valence-electron chi connectivity index (χ3n) is 3.62. The predicted octanol–water partition coefficient (Wildman–Crippen LogP) is 3.76. The molecule has 3 heteroatoms. The average Bonchev–Trinajstić information content (AvgIpc) is 2.89. The maximum Gasteiger partial charge on any atom is 0.128 e. The van der Waals surface area contributed by atoms with Crippen molar-refractivity contribution in [2.45, 2.75) is 39.5 Å². The van der Waals surface area contributed by atoms with Crippen molar-refractivity contribution in [1.82, 2.24) is 0 Å². The Balaban J connectivity index is 2.10. The van der Waals surface area contributed by atoms with E-state index >= 15 is 0 Å². The molecule has 0 aromatic heterocycles. The lowest BCUT2D eigenvalue weighted by molar-refractivity contribution is 0.251. The maximum absolute atomic E-state index is 8.92. The van der Waals surface area contributed by atoms with Crippen molar-refractivity contribution in [1.29, 1.82) is 0 Å². The molecule has 1 aromatic rings. The van der Waals surface area contributed by atoms with E-state index in [0.717, 1.165) is 23.5 Å². The minimum absolute atomic E-state index is 0.597. The van der Waals surface area contributed by atoms with Gasteiger partial charge in [-0.1, -0.05) is 29.6 Å². The highest BCUT2D eigenvalue weighted by Crippen LogP contribution is 2.27. The molecule has 0 unspecified atom stereocenters. The van der Waals surface area contributed by atoms with Gasteiger partial charge in [0.2, 0.25) is 0 Å². The average molecular weight is 247 g/mol. The van der Waals surface area contributed by atoms with Gasteiger partial charge in [0.1, 0.15) is 5.75 Å². The third-order valence-corrected chi connectivity index (χ3v) is 3.62. The summed E-state index contributed by atoms with van der Waals surface area (Å²) in [4.78, 5) is 0. The van der Waals surface area contributed by atoms with Crippen molar-refractivity contribution in [3.05, 3.63) is 29.3 Å². The van der Waals surface area contributed by atoms with Crippen molar-refractivity contribution < 1.29 is 9.94 Å². The van der Waals surface area contributed by atoms with Crippen molar-refractivity contribution in [3.8, 4) is 5.75 Å². The first-order valence-corrected chi connectivity index (χ1v) is 6.63. The Hall–Kier alpha value is -1.51. The van der Waals surface area contributed by atoms with Crippen LogP contribution in [0.15, 0.2) is 23.4 Å². The molecule has 0 saturated heterocycles. The second kappa shape index (κ2) is 5.89. The number of hydrogen-bond donors (Lipinski definition) is 1. The van der Waals surface area contributed by atoms with Crippen molar-refractivity contribution >= 4 is 5.71 Å². The fourth-order valence-electron chi connectivity index (χ4n) is 2.49. The Labute approximate surface area is 108 Å². The molecule has 1 aliphatic rings. The van der Waals surface area contributed by atoms with Gasteiger partial charge in [-0.05, 0) is 44.7 Å². The summed E-state index contributed by atoms with van der Waals surface area (Å²) in [6.45, 7) is 4.58. The SMILES string of the molecule is C/C(=N/O)c1cc(C)ccc1OCC1CCCC1. The molecule has 0 atom stereocenters. The first-order chi connectivity index (χ1) is 8.70. The molecule has 0 radical (unpaired) electrons. The van der Waals surface area contributed by atoms with Crippen LogP contribution in [-0.4, -0.2) is 17.5 Å². The molecule has 0 heterocycles. The van der Waals surface area contributed by atoms with E-state index in [2.05, 4.69) is 5.16 Å². The largest absolute Gasteiger partial charge is 0.493 e. The number of rotatable bonds is 4. The van der Waals surface area contributed by atoms with Crippen LogP contribution in [0.4, 0.5) is 0 Å². The van der Waals surface area contributed by atoms with Gasteiger partial charge in [-0.25, -0.2) is 0 Å². The van der Waals surface area contributed by atoms with Gasteiger partial charge in [0.15, 0.2) is 0 Å². The van der Waals surface area contributed by atoms with Crippen LogP contribution in [0.5, 0.6) is 5.75 Å². The van der Waals surface area contributed by atoms with Crippen LogP contribution in [0.3, 0.4) is 0 Å². The second-order valence-electron chi connectivity index (χ2n) is 5.15. The Morgan fingerprint density at radius 2 is 2.11 bits per heavy atom. The molecule has 0 aliphatic heterocycles. The van der Waals surface area contributed by atoms with E-state index in [4.69, 9.17) is 9.94 Å². The summed E-state index contributed by atoms with van der Waals surface area (Å²) in [6.07, 6.45) is 5.19. The summed E-state index contributed by atoms with van der Waals surface area (Å²) < 4.78 is 5.91. The van der Waals surface area contributed by atoms with Crippen LogP contribution in [0.2, 0.25) is 0 Å². The molecule has 0 bridgehead atoms. The van der Waals surface area contributed by atoms with Gasteiger partial charge in [0, 0.05) is 5.56 Å². The van der Waals surface area contributed by atoms with E-state index in [1.807, 2.05) is 25.1 Å². The highest BCUT2D eigenvalue weighted by atomic mass is 16.5. The number of oxime groups is 1. The minimum atomic E-state index is 0.597. The van der Waals surface area contributed by atoms with Crippen molar-refractivity contribution in [2.75, 3.05) is 6.61 Å². The summed E-state index contributed by atoms with van der Waals surface area (Å²) in [5.41, 5.74) is 2.62. The third kappa shape index (κ3) is 3.03. The van der Waals surface area contributed by atoms with Gasteiger partial charge in [0.05, 0.1) is 12.3 Å². The monoisotopic (exact) mass is 247 g/mol. The standard InChI is InChI=1S/C15H21NO2/c1-11-7-8-15(14(9-11)12(2)16-17)18-10-13-5-3-4-6-13/h7-9,13,17H,3-6,10H2,1-2H3/b16-12-. The molecule has 1 aliphatic carbocycles. The summed E-state index contributed by atoms with van der Waals surface area (Å²) in [7, 11) is 0. The Morgan fingerprint density at radius 1 is 1.39 bits per heavy atom. The lowest BCUT2D eigenvalue weighted by Gasteiger charge is -2.14. The smallest absolute Gasteiger partial charge is 0.128 e. The van der Waals surface area contributed by atoms with Gasteiger partial charge in [-0.3, -0.25) is 0 Å². The number of ether oxygens (including phenoxy) is 1. The first-order valence-electron chi connectivity index (χ1n) is 6.63. The van der Waals surface area contributed by atoms with E-state index < -0.39 is 0 Å². The molecule has 2 rings (SSSR count). The zero-order chi connectivity index (χ0) is 13.0. The van der Waals surface area contributed by atoms with Gasteiger partial charge < -0.3 is 9.94 Å². The molecule has 1 saturated carbocycles. The Bertz CT molecular complexity index is 434. The maximum atomic E-state index is 8.92. The van der Waals surface area contributed by atoms with Crippen molar-refractivity contribution in [2.24, 2.45) is 11.1 Å². The van der Waals surface area contributed by atoms with E-state index in [-0.39, 0.29) is 0 Å². The van der Waals surface area contributed by atoms with Crippen LogP contribution >= 0.6 is 0 Å². The zero-order valence-corrected chi connectivity index (χ0v) is 11.1. The highest BCUT2D eigenvalue weighted by molar-refractivity contribution is 6.00. The Morgan fingerprint density at radius 3 is 2.78 bits per heavy atom. The first kappa shape index (κ1) is 12.9. The number of hydrogen-bond acceptors (Lipinski definition) is 3. The quantitative estimate of drug-likeness (QED) is 0.500. The molecule has 3 nitrogen and oxygen atoms in total. The van der Waals surface area contributed by atoms with Crippen LogP contribution in [0.25, 0.3) is 0 Å². The summed E-state index contributed by atoms with van der Waals surface area (Å²) in [5, 5.41) is 12.2. The fraction of sp³-hybridized carbons (Fsp3) is 0.533. The summed E-state index contributed by atoms with van der Waals surface area (Å²) in [6, 6.07) is 5.99. The minimum Gasteiger partial charge on any atom is -0.493 e. The van der Waals surface area contributed by atoms with Gasteiger partial charge in [0.25, 0.3) is 0 Å². The van der Waals surface area contributed by atoms with E-state index in [1.54, 1.807) is 6.92 Å². The number of nitrogens with zero attached hydrogens (tertiary/aromatic N) is 1. The summed E-state index contributed by atoms with van der Waals surface area (Å²) >= 11 is 0. The van der Waals surface area contributed by atoms with Crippen LogP contribution in [-0.2, 0) is 0 Å². The molecule has 18 heavy (non-hydrogen) atoms. The summed E-state index contributed by atoms with van der Waals surface area (Å²) in [5.74, 6) is 1.51. The zero-order valence-electron chi connectivity index (χ0n) is 11.1. The molecule has 1 aromatic carbocycles. The molecule has 1 fully saturated rings. The fourth-order valence-corrected chi connectivity index (χ4v) is 2.49. The molecular weight excluding hydrogens is 226 g/mol. The van der Waals surface area contributed by atoms with E-state index in [0.29, 0.717) is 11.6 Å². The van der Waals surface area contributed by atoms with Gasteiger partial charge >= 0.3 is 0 Å². The van der Waals surface area contributed by atoms with Crippen molar-refractivity contribution in [3.63, 3.8) is 0 Å². The number of benzene rings is 1. The van der Waals surface area contributed by atoms with Gasteiger partial charge in [-0.2, -0.15) is 0 Å². The normalized spacial score (nSPS) is 17.1. The molecule has 0 amide bonds. The van der Waals surface area contributed by atoms with Crippen LogP contribution in [0.1, 0.15) is 43.7 Å². The van der Waals surface area contributed by atoms with Crippen LogP contribution in [0, 0.1) is 12.8 Å². The van der Waals surface area contributed by atoms with Gasteiger partial charge in [-0.15, -0.1) is 0 Å². The van der Waals surface area contributed by atoms with E-state index in [9.17, 15) is 0 Å². The molecular formula is C15H21NO2. The highest BCUT2D eigenvalue weighted by Gasteiger charge is 2.16.